The van der Waals surface area contributed by atoms with Gasteiger partial charge in [0.05, 0.1) is 25.0 Å². The number of carbonyl (C=O) groups excluding carboxylic acids is 4. The number of rotatable bonds is 9. The van der Waals surface area contributed by atoms with Crippen LogP contribution >= 0.6 is 0 Å². The highest BCUT2D eigenvalue weighted by Gasteiger charge is 2.37. The molecule has 3 amide bonds. The molecule has 2 aromatic heterocycles. The average molecular weight is 582 g/mol. The standard InChI is InChI=1S/C31H43N5O6/c1-8-9-10-21(35-28(39)26-18(2)25-22(34-26)13-31(6,7)14-23(25)37)27(38)33-19-11-12-24(32-15-19)41-20-16-36(17-20)29(40)42-30(3,4)5/h11-12,15,20-21,34H,8-10,13-14,16-17H2,1-7H3,(H,33,38)(H,35,39)/t21-/m1/s1. The molecule has 1 aliphatic carbocycles. The van der Waals surface area contributed by atoms with Crippen molar-refractivity contribution in [2.75, 3.05) is 18.4 Å². The predicted molar refractivity (Wildman–Crippen MR) is 158 cm³/mol. The minimum Gasteiger partial charge on any atom is -0.471 e. The van der Waals surface area contributed by atoms with E-state index in [1.165, 1.54) is 6.20 Å². The number of nitrogens with one attached hydrogen (secondary N) is 3. The third-order valence-electron chi connectivity index (χ3n) is 7.39. The highest BCUT2D eigenvalue weighted by molar-refractivity contribution is 6.06. The normalized spacial score (nSPS) is 17.1. The van der Waals surface area contributed by atoms with Gasteiger partial charge in [-0.2, -0.15) is 0 Å². The number of amides is 3. The Labute approximate surface area is 247 Å². The first kappa shape index (κ1) is 31.1. The van der Waals surface area contributed by atoms with Crippen LogP contribution in [0.1, 0.15) is 99.3 Å². The van der Waals surface area contributed by atoms with Crippen LogP contribution < -0.4 is 15.4 Å². The number of nitrogens with zero attached hydrogens (tertiary/aromatic N) is 2. The lowest BCUT2D eigenvalue weighted by molar-refractivity contribution is -0.118. The fourth-order valence-corrected chi connectivity index (χ4v) is 5.28. The molecule has 1 saturated heterocycles. The van der Waals surface area contributed by atoms with E-state index in [-0.39, 0.29) is 29.3 Å². The van der Waals surface area contributed by atoms with Gasteiger partial charge in [-0.3, -0.25) is 14.4 Å². The molecule has 0 saturated carbocycles. The number of H-pyrrole nitrogens is 1. The van der Waals surface area contributed by atoms with Crippen LogP contribution in [0.15, 0.2) is 18.3 Å². The van der Waals surface area contributed by atoms with E-state index < -0.39 is 17.6 Å². The zero-order valence-corrected chi connectivity index (χ0v) is 25.7. The lowest BCUT2D eigenvalue weighted by Gasteiger charge is -2.39. The number of pyridine rings is 1. The lowest BCUT2D eigenvalue weighted by atomic mass is 9.75. The Balaban J connectivity index is 1.34. The van der Waals surface area contributed by atoms with E-state index in [9.17, 15) is 19.2 Å². The molecule has 0 bridgehead atoms. The molecule has 2 aliphatic rings. The summed E-state index contributed by atoms with van der Waals surface area (Å²) in [4.78, 5) is 60.4. The lowest BCUT2D eigenvalue weighted by Crippen LogP contribution is -2.57. The summed E-state index contributed by atoms with van der Waals surface area (Å²) >= 11 is 0. The van der Waals surface area contributed by atoms with E-state index in [2.05, 4.69) is 20.6 Å². The van der Waals surface area contributed by atoms with Gasteiger partial charge >= 0.3 is 6.09 Å². The Bertz CT molecular complexity index is 1330. The third kappa shape index (κ3) is 7.49. The van der Waals surface area contributed by atoms with Gasteiger partial charge < -0.3 is 30.0 Å². The summed E-state index contributed by atoms with van der Waals surface area (Å²) in [6.07, 6.45) is 4.11. The fourth-order valence-electron chi connectivity index (χ4n) is 5.28. The molecule has 1 aliphatic heterocycles. The predicted octanol–water partition coefficient (Wildman–Crippen LogP) is 4.80. The maximum atomic E-state index is 13.3. The Hall–Kier alpha value is -3.89. The number of hydrogen-bond donors (Lipinski definition) is 3. The van der Waals surface area contributed by atoms with Gasteiger partial charge in [-0.15, -0.1) is 0 Å². The van der Waals surface area contributed by atoms with Gasteiger partial charge in [-0.1, -0.05) is 33.6 Å². The molecule has 0 aromatic carbocycles. The molecule has 1 atom stereocenters. The highest BCUT2D eigenvalue weighted by Crippen LogP contribution is 2.36. The van der Waals surface area contributed by atoms with Gasteiger partial charge in [0.15, 0.2) is 5.78 Å². The SMILES string of the molecule is CCCC[C@@H](NC(=O)c1[nH]c2c(c1C)C(=O)CC(C)(C)C2)C(=O)Nc1ccc(OC2CN(C(=O)OC(C)(C)C)C2)nc1. The van der Waals surface area contributed by atoms with Crippen LogP contribution in [0.25, 0.3) is 0 Å². The summed E-state index contributed by atoms with van der Waals surface area (Å²) in [6, 6.07) is 2.56. The molecule has 11 heteroatoms. The molecule has 0 unspecified atom stereocenters. The van der Waals surface area contributed by atoms with Crippen molar-refractivity contribution in [2.24, 2.45) is 5.41 Å². The van der Waals surface area contributed by atoms with Crippen molar-refractivity contribution in [3.8, 4) is 5.88 Å². The second kappa shape index (κ2) is 12.1. The third-order valence-corrected chi connectivity index (χ3v) is 7.39. The number of fused-ring (bicyclic) bond motifs is 1. The number of aromatic nitrogens is 2. The molecule has 42 heavy (non-hydrogen) atoms. The zero-order chi connectivity index (χ0) is 30.8. The number of likely N-dealkylation sites (tertiary alicyclic amines) is 1. The molecular formula is C31H43N5O6. The number of unbranched alkanes of at least 4 members (excludes halogenated alkanes) is 1. The number of ketones is 1. The number of anilines is 1. The topological polar surface area (TPSA) is 143 Å². The van der Waals surface area contributed by atoms with Crippen LogP contribution in [-0.4, -0.2) is 69.4 Å². The van der Waals surface area contributed by atoms with Crippen molar-refractivity contribution >= 4 is 29.4 Å². The molecule has 0 spiro atoms. The first-order valence-corrected chi connectivity index (χ1v) is 14.6. The van der Waals surface area contributed by atoms with Gasteiger partial charge in [-0.05, 0) is 57.6 Å². The molecule has 4 rings (SSSR count). The van der Waals surface area contributed by atoms with Crippen LogP contribution in [0.5, 0.6) is 5.88 Å². The first-order valence-electron chi connectivity index (χ1n) is 14.6. The Kier molecular flexibility index (Phi) is 8.98. The van der Waals surface area contributed by atoms with Gasteiger partial charge in [0.1, 0.15) is 23.4 Å². The highest BCUT2D eigenvalue weighted by atomic mass is 16.6. The van der Waals surface area contributed by atoms with Crippen molar-refractivity contribution in [2.45, 2.75) is 98.3 Å². The summed E-state index contributed by atoms with van der Waals surface area (Å²) in [5, 5.41) is 5.71. The Morgan fingerprint density at radius 3 is 2.52 bits per heavy atom. The molecule has 1 fully saturated rings. The number of carbonyl (C=O) groups is 4. The van der Waals surface area contributed by atoms with Crippen molar-refractivity contribution in [3.63, 3.8) is 0 Å². The molecule has 3 N–H and O–H groups in total. The minimum absolute atomic E-state index is 0.0342. The summed E-state index contributed by atoms with van der Waals surface area (Å²) in [5.74, 6) is -0.356. The largest absolute Gasteiger partial charge is 0.471 e. The fraction of sp³-hybridized carbons (Fsp3) is 0.581. The van der Waals surface area contributed by atoms with E-state index in [0.29, 0.717) is 60.7 Å². The smallest absolute Gasteiger partial charge is 0.410 e. The number of Topliss-reactive ketones (excluding diaryl/α,β-unsaturated/α-hetero) is 1. The second-order valence-corrected chi connectivity index (χ2v) is 13.1. The van der Waals surface area contributed by atoms with Crippen LogP contribution in [0.2, 0.25) is 0 Å². The summed E-state index contributed by atoms with van der Waals surface area (Å²) in [7, 11) is 0. The van der Waals surface area contributed by atoms with Crippen LogP contribution in [0.3, 0.4) is 0 Å². The van der Waals surface area contributed by atoms with E-state index in [1.807, 2.05) is 41.5 Å². The molecule has 228 valence electrons. The van der Waals surface area contributed by atoms with Gasteiger partial charge in [0.25, 0.3) is 5.91 Å². The average Bonchev–Trinajstić information content (AvgIpc) is 3.18. The number of hydrogen-bond acceptors (Lipinski definition) is 7. The van der Waals surface area contributed by atoms with E-state index >= 15 is 0 Å². The van der Waals surface area contributed by atoms with Crippen molar-refractivity contribution < 1.29 is 28.7 Å². The summed E-state index contributed by atoms with van der Waals surface area (Å²) < 4.78 is 11.2. The monoisotopic (exact) mass is 581 g/mol. The van der Waals surface area contributed by atoms with Crippen LogP contribution in [0.4, 0.5) is 10.5 Å². The number of aromatic amines is 1. The summed E-state index contributed by atoms with van der Waals surface area (Å²) in [6.45, 7) is 14.1. The minimum atomic E-state index is -0.769. The van der Waals surface area contributed by atoms with Gasteiger partial charge in [0, 0.05) is 23.7 Å². The summed E-state index contributed by atoms with van der Waals surface area (Å²) in [5.41, 5.74) is 2.06. The molecule has 0 radical (unpaired) electrons. The van der Waals surface area contributed by atoms with Gasteiger partial charge in [0.2, 0.25) is 11.8 Å². The molecule has 3 heterocycles. The van der Waals surface area contributed by atoms with E-state index in [4.69, 9.17) is 9.47 Å². The van der Waals surface area contributed by atoms with Crippen molar-refractivity contribution in [3.05, 3.63) is 40.8 Å². The van der Waals surface area contributed by atoms with Crippen LogP contribution in [-0.2, 0) is 16.0 Å². The van der Waals surface area contributed by atoms with E-state index in [1.54, 1.807) is 24.0 Å². The van der Waals surface area contributed by atoms with Crippen molar-refractivity contribution in [1.29, 1.82) is 0 Å². The van der Waals surface area contributed by atoms with Gasteiger partial charge in [-0.25, -0.2) is 9.78 Å². The maximum absolute atomic E-state index is 13.3. The zero-order valence-electron chi connectivity index (χ0n) is 25.7. The molecule has 11 nitrogen and oxygen atoms in total. The first-order chi connectivity index (χ1) is 19.7. The van der Waals surface area contributed by atoms with Crippen LogP contribution in [0, 0.1) is 12.3 Å². The maximum Gasteiger partial charge on any atom is 0.410 e. The molecule has 2 aromatic rings. The quantitative estimate of drug-likeness (QED) is 0.386. The Morgan fingerprint density at radius 1 is 1.19 bits per heavy atom. The number of ether oxygens (including phenoxy) is 2. The molecular weight excluding hydrogens is 538 g/mol. The Morgan fingerprint density at radius 2 is 1.90 bits per heavy atom. The second-order valence-electron chi connectivity index (χ2n) is 13.1. The van der Waals surface area contributed by atoms with E-state index in [0.717, 1.165) is 18.5 Å². The van der Waals surface area contributed by atoms with Crippen molar-refractivity contribution in [1.82, 2.24) is 20.2 Å².